The molecule has 1 aliphatic heterocycles. The molecule has 4 heterocycles. The highest BCUT2D eigenvalue weighted by Gasteiger charge is 2.32. The molecule has 0 radical (unpaired) electrons. The predicted octanol–water partition coefficient (Wildman–Crippen LogP) is 3.51. The number of anilines is 2. The van der Waals surface area contributed by atoms with E-state index >= 15 is 0 Å². The lowest BCUT2D eigenvalue weighted by Crippen LogP contribution is -2.43. The second-order valence-corrected chi connectivity index (χ2v) is 9.56. The van der Waals surface area contributed by atoms with Crippen LogP contribution >= 0.6 is 0 Å². The minimum atomic E-state index is -0.646. The molecule has 2 amide bonds. The van der Waals surface area contributed by atoms with Crippen LogP contribution in [0.1, 0.15) is 50.1 Å². The van der Waals surface area contributed by atoms with Crippen LogP contribution in [0.3, 0.4) is 0 Å². The number of nitrogens with zero attached hydrogens (tertiary/aromatic N) is 6. The molecule has 36 heavy (non-hydrogen) atoms. The molecule has 12 nitrogen and oxygen atoms in total. The number of carbonyl (C=O) groups is 2. The number of ether oxygens (including phenoxy) is 1. The van der Waals surface area contributed by atoms with Gasteiger partial charge in [-0.2, -0.15) is 10.1 Å². The van der Waals surface area contributed by atoms with Gasteiger partial charge in [-0.25, -0.2) is 23.8 Å². The summed E-state index contributed by atoms with van der Waals surface area (Å²) in [4.78, 5) is 39.9. The van der Waals surface area contributed by atoms with Crippen molar-refractivity contribution >= 4 is 46.0 Å². The fourth-order valence-electron chi connectivity index (χ4n) is 4.17. The summed E-state index contributed by atoms with van der Waals surface area (Å²) in [5.74, 6) is -1.04. The topological polar surface area (TPSA) is 154 Å². The van der Waals surface area contributed by atoms with E-state index in [0.29, 0.717) is 37.2 Å². The van der Waals surface area contributed by atoms with Crippen molar-refractivity contribution in [3.05, 3.63) is 36.0 Å². The van der Waals surface area contributed by atoms with Crippen LogP contribution in [0, 0.1) is 5.82 Å². The molecule has 3 aromatic heterocycles. The number of halogens is 1. The summed E-state index contributed by atoms with van der Waals surface area (Å²) in [5.41, 5.74) is 6.40. The molecule has 1 aliphatic rings. The molecule has 1 fully saturated rings. The van der Waals surface area contributed by atoms with Gasteiger partial charge in [-0.15, -0.1) is 0 Å². The number of nitrogens with one attached hydrogen (secondary N) is 1. The molecule has 3 N–H and O–H groups in total. The molecule has 1 unspecified atom stereocenters. The molecule has 188 valence electrons. The first-order valence-electron chi connectivity index (χ1n) is 11.4. The van der Waals surface area contributed by atoms with E-state index in [-0.39, 0.29) is 34.5 Å². The number of hydrogen-bond donors (Lipinski definition) is 2. The zero-order valence-corrected chi connectivity index (χ0v) is 20.0. The lowest BCUT2D eigenvalue weighted by Gasteiger charge is -2.34. The Morgan fingerprint density at radius 2 is 2.08 bits per heavy atom. The summed E-state index contributed by atoms with van der Waals surface area (Å²) in [6.45, 7) is 6.31. The van der Waals surface area contributed by atoms with Crippen LogP contribution in [-0.2, 0) is 4.74 Å². The van der Waals surface area contributed by atoms with E-state index in [1.54, 1.807) is 9.58 Å². The molecule has 0 spiro atoms. The third-order valence-electron chi connectivity index (χ3n) is 5.70. The number of benzene rings is 1. The van der Waals surface area contributed by atoms with Crippen LogP contribution in [-0.4, -0.2) is 60.3 Å². The Morgan fingerprint density at radius 1 is 1.28 bits per heavy atom. The van der Waals surface area contributed by atoms with Crippen molar-refractivity contribution in [1.82, 2.24) is 29.6 Å². The molecule has 5 rings (SSSR count). The average Bonchev–Trinajstić information content (AvgIpc) is 3.39. The first kappa shape index (κ1) is 23.5. The number of aromatic nitrogens is 5. The van der Waals surface area contributed by atoms with Gasteiger partial charge in [-0.3, -0.25) is 10.1 Å². The van der Waals surface area contributed by atoms with Crippen LogP contribution in [0.2, 0.25) is 0 Å². The maximum atomic E-state index is 13.5. The fraction of sp³-hybridized carbons (Fsp3) is 0.391. The minimum Gasteiger partial charge on any atom is -0.444 e. The van der Waals surface area contributed by atoms with Crippen molar-refractivity contribution in [2.75, 3.05) is 24.1 Å². The van der Waals surface area contributed by atoms with Crippen molar-refractivity contribution in [2.24, 2.45) is 0 Å². The number of rotatable bonds is 3. The summed E-state index contributed by atoms with van der Waals surface area (Å²) in [7, 11) is 0. The van der Waals surface area contributed by atoms with Crippen LogP contribution in [0.25, 0.3) is 22.1 Å². The second kappa shape index (κ2) is 8.73. The zero-order valence-electron chi connectivity index (χ0n) is 20.0. The number of nitrogen functional groups attached to an aromatic ring is 1. The highest BCUT2D eigenvalue weighted by molar-refractivity contribution is 6.12. The van der Waals surface area contributed by atoms with Gasteiger partial charge < -0.3 is 19.8 Å². The summed E-state index contributed by atoms with van der Waals surface area (Å²) in [6.07, 6.45) is 2.30. The third kappa shape index (κ3) is 4.51. The average molecular weight is 497 g/mol. The molecule has 0 aliphatic carbocycles. The summed E-state index contributed by atoms with van der Waals surface area (Å²) in [6, 6.07) is 3.47. The molecular formula is C23H25FN8O4. The molecular weight excluding hydrogens is 471 g/mol. The number of oxazole rings is 1. The van der Waals surface area contributed by atoms with Crippen molar-refractivity contribution in [3.63, 3.8) is 0 Å². The van der Waals surface area contributed by atoms with Crippen LogP contribution < -0.4 is 11.1 Å². The molecule has 13 heteroatoms. The number of carbonyl (C=O) groups excluding carboxylic acids is 2. The van der Waals surface area contributed by atoms with Crippen LogP contribution in [0.15, 0.2) is 28.9 Å². The van der Waals surface area contributed by atoms with Crippen LogP contribution in [0.4, 0.5) is 21.0 Å². The Morgan fingerprint density at radius 3 is 2.86 bits per heavy atom. The van der Waals surface area contributed by atoms with E-state index in [1.807, 2.05) is 20.8 Å². The van der Waals surface area contributed by atoms with Gasteiger partial charge in [0.1, 0.15) is 29.1 Å². The first-order chi connectivity index (χ1) is 17.1. The van der Waals surface area contributed by atoms with Crippen LogP contribution in [0.5, 0.6) is 0 Å². The smallest absolute Gasteiger partial charge is 0.410 e. The molecule has 1 aromatic carbocycles. The standard InChI is InChI=1S/C23H25FN8O4/c1-23(2,3)36-22(34)31-8-4-5-13(10-31)32-19-16(18(25)26-11-27-19)17(30-32)20(33)29-21-28-14-9-12(24)6-7-15(14)35-21/h6-7,9,11,13H,4-5,8,10H2,1-3H3,(H2,25,26,27)(H,28,29,33). The molecule has 0 saturated carbocycles. The Kier molecular flexibility index (Phi) is 5.69. The maximum absolute atomic E-state index is 13.5. The second-order valence-electron chi connectivity index (χ2n) is 9.56. The Bertz CT molecular complexity index is 1470. The molecule has 4 aromatic rings. The van der Waals surface area contributed by atoms with Gasteiger partial charge in [0.15, 0.2) is 16.9 Å². The van der Waals surface area contributed by atoms with Gasteiger partial charge in [-0.1, -0.05) is 0 Å². The number of fused-ring (bicyclic) bond motifs is 2. The minimum absolute atomic E-state index is 0.0223. The van der Waals surface area contributed by atoms with Crippen molar-refractivity contribution in [1.29, 1.82) is 0 Å². The number of amides is 2. The number of hydrogen-bond acceptors (Lipinski definition) is 9. The van der Waals surface area contributed by atoms with Gasteiger partial charge in [0.25, 0.3) is 5.91 Å². The van der Waals surface area contributed by atoms with Gasteiger partial charge in [-0.05, 0) is 45.7 Å². The Balaban J connectivity index is 1.45. The fourth-order valence-corrected chi connectivity index (χ4v) is 4.17. The van der Waals surface area contributed by atoms with E-state index in [0.717, 1.165) is 0 Å². The highest BCUT2D eigenvalue weighted by atomic mass is 19.1. The largest absolute Gasteiger partial charge is 0.444 e. The number of nitrogens with two attached hydrogens (primary N) is 1. The Hall–Kier alpha value is -4.29. The molecule has 1 saturated heterocycles. The lowest BCUT2D eigenvalue weighted by molar-refractivity contribution is 0.0168. The van der Waals surface area contributed by atoms with E-state index in [2.05, 4.69) is 25.4 Å². The first-order valence-corrected chi connectivity index (χ1v) is 11.4. The Labute approximate surface area is 204 Å². The molecule has 1 atom stereocenters. The van der Waals surface area contributed by atoms with Gasteiger partial charge in [0, 0.05) is 19.2 Å². The normalized spacial score (nSPS) is 16.4. The van der Waals surface area contributed by atoms with E-state index in [4.69, 9.17) is 14.9 Å². The summed E-state index contributed by atoms with van der Waals surface area (Å²) >= 11 is 0. The van der Waals surface area contributed by atoms with Crippen molar-refractivity contribution in [2.45, 2.75) is 45.3 Å². The zero-order chi connectivity index (χ0) is 25.6. The quantitative estimate of drug-likeness (QED) is 0.433. The predicted molar refractivity (Wildman–Crippen MR) is 128 cm³/mol. The van der Waals surface area contributed by atoms with Gasteiger partial charge in [0.05, 0.1) is 11.4 Å². The van der Waals surface area contributed by atoms with Gasteiger partial charge >= 0.3 is 12.1 Å². The van der Waals surface area contributed by atoms with E-state index in [1.165, 1.54) is 24.5 Å². The summed E-state index contributed by atoms with van der Waals surface area (Å²) < 4.78 is 26.1. The van der Waals surface area contributed by atoms with Gasteiger partial charge in [0.2, 0.25) is 0 Å². The SMILES string of the molecule is CC(C)(C)OC(=O)N1CCCC(n2nc(C(=O)Nc3nc4cc(F)ccc4o3)c3c(N)ncnc32)C1. The van der Waals surface area contributed by atoms with E-state index < -0.39 is 23.4 Å². The highest BCUT2D eigenvalue weighted by Crippen LogP contribution is 2.30. The van der Waals surface area contributed by atoms with Crippen molar-refractivity contribution in [3.8, 4) is 0 Å². The monoisotopic (exact) mass is 496 g/mol. The summed E-state index contributed by atoms with van der Waals surface area (Å²) in [5, 5.41) is 7.34. The molecule has 0 bridgehead atoms. The number of likely N-dealkylation sites (tertiary alicyclic amines) is 1. The van der Waals surface area contributed by atoms with Crippen molar-refractivity contribution < 1.29 is 23.1 Å². The number of piperidine rings is 1. The third-order valence-corrected chi connectivity index (χ3v) is 5.70. The van der Waals surface area contributed by atoms with E-state index in [9.17, 15) is 14.0 Å². The maximum Gasteiger partial charge on any atom is 0.410 e. The lowest BCUT2D eigenvalue weighted by atomic mass is 10.1.